The van der Waals surface area contributed by atoms with Crippen LogP contribution in [0.2, 0.25) is 0 Å². The second-order valence-electron chi connectivity index (χ2n) is 4.16. The second kappa shape index (κ2) is 7.60. The summed E-state index contributed by atoms with van der Waals surface area (Å²) in [5.74, 6) is 0.478. The number of aliphatic hydroxyl groups excluding tert-OH is 1. The van der Waals surface area contributed by atoms with Gasteiger partial charge in [-0.3, -0.25) is 4.79 Å². The monoisotopic (exact) mass is 231 g/mol. The zero-order valence-electron chi connectivity index (χ0n) is 9.78. The van der Waals surface area contributed by atoms with Crippen molar-refractivity contribution in [2.75, 3.05) is 33.4 Å². The first-order chi connectivity index (χ1) is 7.72. The van der Waals surface area contributed by atoms with E-state index in [1.165, 1.54) is 20.0 Å². The van der Waals surface area contributed by atoms with Gasteiger partial charge in [0.1, 0.15) is 0 Å². The summed E-state index contributed by atoms with van der Waals surface area (Å²) >= 11 is 0. The van der Waals surface area contributed by atoms with Gasteiger partial charge in [-0.05, 0) is 18.8 Å². The van der Waals surface area contributed by atoms with Gasteiger partial charge >= 0.3 is 5.97 Å². The van der Waals surface area contributed by atoms with E-state index in [1.807, 2.05) is 0 Å². The molecule has 1 aliphatic rings. The molecule has 1 fully saturated rings. The summed E-state index contributed by atoms with van der Waals surface area (Å²) in [6, 6.07) is 0. The summed E-state index contributed by atoms with van der Waals surface area (Å²) in [5.41, 5.74) is 0. The number of nitrogens with one attached hydrogen (secondary N) is 1. The van der Waals surface area contributed by atoms with Gasteiger partial charge in [-0.1, -0.05) is 0 Å². The molecule has 0 spiro atoms. The van der Waals surface area contributed by atoms with E-state index in [2.05, 4.69) is 10.1 Å². The van der Waals surface area contributed by atoms with Crippen LogP contribution >= 0.6 is 0 Å². The Morgan fingerprint density at radius 3 is 2.94 bits per heavy atom. The van der Waals surface area contributed by atoms with Gasteiger partial charge < -0.3 is 19.9 Å². The number of carbonyl (C=O) groups excluding carboxylic acids is 1. The molecular formula is C11H21NO4. The average molecular weight is 231 g/mol. The number of esters is 1. The molecule has 1 saturated carbocycles. The lowest BCUT2D eigenvalue weighted by Gasteiger charge is -2.11. The van der Waals surface area contributed by atoms with Gasteiger partial charge in [0.15, 0.2) is 0 Å². The zero-order valence-corrected chi connectivity index (χ0v) is 9.78. The molecule has 5 heteroatoms. The molecule has 2 N–H and O–H groups in total. The van der Waals surface area contributed by atoms with E-state index in [1.54, 1.807) is 0 Å². The van der Waals surface area contributed by atoms with Crippen molar-refractivity contribution in [3.05, 3.63) is 0 Å². The van der Waals surface area contributed by atoms with Crippen LogP contribution in [0.25, 0.3) is 0 Å². The fourth-order valence-corrected chi connectivity index (χ4v) is 1.28. The Morgan fingerprint density at radius 2 is 2.31 bits per heavy atom. The minimum Gasteiger partial charge on any atom is -0.469 e. The Balaban J connectivity index is 1.84. The highest BCUT2D eigenvalue weighted by molar-refractivity contribution is 5.69. The van der Waals surface area contributed by atoms with Crippen LogP contribution in [0.15, 0.2) is 0 Å². The summed E-state index contributed by atoms with van der Waals surface area (Å²) in [7, 11) is 1.36. The molecule has 0 amide bonds. The molecule has 1 unspecified atom stereocenters. The van der Waals surface area contributed by atoms with Crippen LogP contribution in [0.4, 0.5) is 0 Å². The molecule has 0 aliphatic heterocycles. The maximum Gasteiger partial charge on any atom is 0.306 e. The van der Waals surface area contributed by atoms with E-state index in [0.29, 0.717) is 26.1 Å². The lowest BCUT2D eigenvalue weighted by Crippen LogP contribution is -2.32. The van der Waals surface area contributed by atoms with Crippen molar-refractivity contribution in [3.8, 4) is 0 Å². The summed E-state index contributed by atoms with van der Waals surface area (Å²) in [5, 5.41) is 12.5. The number of methoxy groups -OCH3 is 1. The molecule has 0 radical (unpaired) electrons. The average Bonchev–Trinajstić information content (AvgIpc) is 3.08. The van der Waals surface area contributed by atoms with Gasteiger partial charge in [0.05, 0.1) is 26.2 Å². The molecule has 16 heavy (non-hydrogen) atoms. The topological polar surface area (TPSA) is 67.8 Å². The molecule has 0 bridgehead atoms. The quantitative estimate of drug-likeness (QED) is 0.429. The predicted octanol–water partition coefficient (Wildman–Crippen LogP) is -0.0734. The van der Waals surface area contributed by atoms with Crippen molar-refractivity contribution in [2.24, 2.45) is 5.92 Å². The first kappa shape index (κ1) is 13.4. The Hall–Kier alpha value is -0.650. The fraction of sp³-hybridized carbons (Fsp3) is 0.909. The third-order valence-electron chi connectivity index (χ3n) is 2.47. The summed E-state index contributed by atoms with van der Waals surface area (Å²) in [4.78, 5) is 10.8. The van der Waals surface area contributed by atoms with E-state index in [0.717, 1.165) is 12.5 Å². The van der Waals surface area contributed by atoms with Crippen molar-refractivity contribution in [1.82, 2.24) is 5.32 Å². The molecule has 0 aromatic heterocycles. The highest BCUT2D eigenvalue weighted by Crippen LogP contribution is 2.28. The molecule has 0 saturated heterocycles. The highest BCUT2D eigenvalue weighted by atomic mass is 16.5. The predicted molar refractivity (Wildman–Crippen MR) is 59.1 cm³/mol. The van der Waals surface area contributed by atoms with Crippen LogP contribution < -0.4 is 5.32 Å². The maximum absolute atomic E-state index is 10.8. The molecule has 1 aliphatic carbocycles. The van der Waals surface area contributed by atoms with Crippen LogP contribution in [0.3, 0.4) is 0 Å². The van der Waals surface area contributed by atoms with Crippen molar-refractivity contribution in [3.63, 3.8) is 0 Å². The Kier molecular flexibility index (Phi) is 6.37. The minimum atomic E-state index is -0.503. The molecular weight excluding hydrogens is 210 g/mol. The standard InChI is InChI=1S/C11H21NO4/c1-15-11(14)4-5-12-6-10(13)8-16-7-9-2-3-9/h9-10,12-13H,2-8H2,1H3. The maximum atomic E-state index is 10.8. The first-order valence-corrected chi connectivity index (χ1v) is 5.75. The van der Waals surface area contributed by atoms with Gasteiger partial charge in [-0.25, -0.2) is 0 Å². The van der Waals surface area contributed by atoms with E-state index >= 15 is 0 Å². The fourth-order valence-electron chi connectivity index (χ4n) is 1.28. The van der Waals surface area contributed by atoms with E-state index < -0.39 is 6.10 Å². The number of ether oxygens (including phenoxy) is 2. The summed E-state index contributed by atoms with van der Waals surface area (Å²) in [6.07, 6.45) is 2.34. The lowest BCUT2D eigenvalue weighted by atomic mass is 10.3. The van der Waals surface area contributed by atoms with Crippen molar-refractivity contribution >= 4 is 5.97 Å². The van der Waals surface area contributed by atoms with Gasteiger partial charge in [-0.2, -0.15) is 0 Å². The SMILES string of the molecule is COC(=O)CCNCC(O)COCC1CC1. The van der Waals surface area contributed by atoms with Crippen LogP contribution in [0.5, 0.6) is 0 Å². The Bertz CT molecular complexity index is 206. The van der Waals surface area contributed by atoms with E-state index in [4.69, 9.17) is 4.74 Å². The number of hydrogen-bond donors (Lipinski definition) is 2. The minimum absolute atomic E-state index is 0.244. The van der Waals surface area contributed by atoms with E-state index in [9.17, 15) is 9.90 Å². The molecule has 0 heterocycles. The second-order valence-corrected chi connectivity index (χ2v) is 4.16. The van der Waals surface area contributed by atoms with Gasteiger partial charge in [-0.15, -0.1) is 0 Å². The van der Waals surface area contributed by atoms with Crippen molar-refractivity contribution in [2.45, 2.75) is 25.4 Å². The molecule has 0 aromatic rings. The van der Waals surface area contributed by atoms with Crippen molar-refractivity contribution in [1.29, 1.82) is 0 Å². The number of rotatable bonds is 9. The largest absolute Gasteiger partial charge is 0.469 e. The zero-order chi connectivity index (χ0) is 11.8. The molecule has 5 nitrogen and oxygen atoms in total. The van der Waals surface area contributed by atoms with Crippen LogP contribution in [0, 0.1) is 5.92 Å². The first-order valence-electron chi connectivity index (χ1n) is 5.75. The third kappa shape index (κ3) is 6.76. The van der Waals surface area contributed by atoms with Crippen molar-refractivity contribution < 1.29 is 19.4 Å². The molecule has 0 aromatic carbocycles. The third-order valence-corrected chi connectivity index (χ3v) is 2.47. The van der Waals surface area contributed by atoms with Gasteiger partial charge in [0.25, 0.3) is 0 Å². The Labute approximate surface area is 96.1 Å². The molecule has 1 rings (SSSR count). The van der Waals surface area contributed by atoms with Gasteiger partial charge in [0.2, 0.25) is 0 Å². The van der Waals surface area contributed by atoms with Gasteiger partial charge in [0, 0.05) is 19.7 Å². The number of aliphatic hydroxyl groups is 1. The highest BCUT2D eigenvalue weighted by Gasteiger charge is 2.21. The van der Waals surface area contributed by atoms with Crippen LogP contribution in [0.1, 0.15) is 19.3 Å². The number of carbonyl (C=O) groups is 1. The molecule has 1 atom stereocenters. The smallest absolute Gasteiger partial charge is 0.306 e. The Morgan fingerprint density at radius 1 is 1.56 bits per heavy atom. The van der Waals surface area contributed by atoms with E-state index in [-0.39, 0.29) is 5.97 Å². The summed E-state index contributed by atoms with van der Waals surface area (Å²) < 4.78 is 9.83. The van der Waals surface area contributed by atoms with Crippen LogP contribution in [-0.2, 0) is 14.3 Å². The van der Waals surface area contributed by atoms with Crippen LogP contribution in [-0.4, -0.2) is 50.6 Å². The lowest BCUT2D eigenvalue weighted by molar-refractivity contribution is -0.140. The number of hydrogen-bond acceptors (Lipinski definition) is 5. The normalized spacial score (nSPS) is 17.1. The molecule has 94 valence electrons. The summed E-state index contributed by atoms with van der Waals surface area (Å²) in [6.45, 7) is 2.09.